The lowest BCUT2D eigenvalue weighted by molar-refractivity contribution is -0.125. The van der Waals surface area contributed by atoms with Crippen LogP contribution in [0.2, 0.25) is 0 Å². The fourth-order valence-corrected chi connectivity index (χ4v) is 1.97. The highest BCUT2D eigenvalue weighted by Crippen LogP contribution is 2.15. The molecule has 0 saturated carbocycles. The lowest BCUT2D eigenvalue weighted by atomic mass is 10.1. The number of benzene rings is 1. The summed E-state index contributed by atoms with van der Waals surface area (Å²) in [5, 5.41) is 5.51. The molecule has 1 aliphatic rings. The van der Waals surface area contributed by atoms with Crippen LogP contribution >= 0.6 is 0 Å². The van der Waals surface area contributed by atoms with Crippen molar-refractivity contribution < 1.29 is 18.7 Å². The minimum absolute atomic E-state index is 0.0124. The van der Waals surface area contributed by atoms with E-state index >= 15 is 0 Å². The van der Waals surface area contributed by atoms with Crippen LogP contribution in [0.25, 0.3) is 0 Å². The third kappa shape index (κ3) is 4.22. The van der Waals surface area contributed by atoms with Gasteiger partial charge in [-0.1, -0.05) is 12.1 Å². The van der Waals surface area contributed by atoms with E-state index in [1.54, 1.807) is 12.1 Å². The van der Waals surface area contributed by atoms with Gasteiger partial charge in [-0.15, -0.1) is 0 Å². The molecule has 1 aliphatic heterocycles. The number of hydrogen-bond donors (Lipinski definition) is 2. The molecule has 0 aromatic heterocycles. The van der Waals surface area contributed by atoms with Crippen LogP contribution < -0.4 is 15.4 Å². The smallest absolute Gasteiger partial charge is 0.223 e. The number of piperidine rings is 1. The molecule has 1 aromatic rings. The molecule has 108 valence electrons. The third-order valence-electron chi connectivity index (χ3n) is 3.05. The van der Waals surface area contributed by atoms with E-state index < -0.39 is 5.82 Å². The first-order valence-corrected chi connectivity index (χ1v) is 6.58. The minimum atomic E-state index is -0.442. The van der Waals surface area contributed by atoms with Gasteiger partial charge in [-0.05, 0) is 18.6 Å². The Kier molecular flexibility index (Phi) is 4.92. The molecule has 0 aliphatic carbocycles. The number of carbonyl (C=O) groups is 2. The lowest BCUT2D eigenvalue weighted by Gasteiger charge is -2.23. The van der Waals surface area contributed by atoms with Crippen molar-refractivity contribution >= 4 is 11.8 Å². The molecule has 20 heavy (non-hydrogen) atoms. The summed E-state index contributed by atoms with van der Waals surface area (Å²) in [7, 11) is 0. The number of nitrogens with one attached hydrogen (secondary N) is 2. The van der Waals surface area contributed by atoms with Gasteiger partial charge < -0.3 is 15.4 Å². The molecule has 2 rings (SSSR count). The molecule has 2 amide bonds. The van der Waals surface area contributed by atoms with Gasteiger partial charge >= 0.3 is 0 Å². The maximum atomic E-state index is 13.3. The van der Waals surface area contributed by atoms with Crippen molar-refractivity contribution in [1.82, 2.24) is 10.6 Å². The Morgan fingerprint density at radius 3 is 2.95 bits per heavy atom. The van der Waals surface area contributed by atoms with E-state index in [9.17, 15) is 14.0 Å². The second-order valence-electron chi connectivity index (χ2n) is 4.64. The third-order valence-corrected chi connectivity index (χ3v) is 3.05. The van der Waals surface area contributed by atoms with Gasteiger partial charge in [0, 0.05) is 19.0 Å². The number of para-hydroxylation sites is 1. The van der Waals surface area contributed by atoms with Crippen molar-refractivity contribution in [1.29, 1.82) is 0 Å². The van der Waals surface area contributed by atoms with Crippen molar-refractivity contribution in [2.24, 2.45) is 0 Å². The van der Waals surface area contributed by atoms with Gasteiger partial charge in [0.2, 0.25) is 11.8 Å². The fourth-order valence-electron chi connectivity index (χ4n) is 1.97. The summed E-state index contributed by atoms with van der Waals surface area (Å²) in [5.41, 5.74) is 0. The molecule has 0 spiro atoms. The minimum Gasteiger partial charge on any atom is -0.490 e. The summed E-state index contributed by atoms with van der Waals surface area (Å²) in [5.74, 6) is -0.450. The molecule has 1 fully saturated rings. The maximum absolute atomic E-state index is 13.3. The zero-order valence-corrected chi connectivity index (χ0v) is 11.0. The molecule has 5 nitrogen and oxygen atoms in total. The highest BCUT2D eigenvalue weighted by atomic mass is 19.1. The van der Waals surface area contributed by atoms with Crippen molar-refractivity contribution in [3.63, 3.8) is 0 Å². The van der Waals surface area contributed by atoms with Crippen LogP contribution in [0, 0.1) is 5.82 Å². The normalized spacial score (nSPS) is 18.2. The molecule has 1 aromatic carbocycles. The SMILES string of the molecule is O=C1CCC(NC(=O)CCOc2ccccc2F)CN1. The Hall–Kier alpha value is -2.11. The number of carbonyl (C=O) groups excluding carboxylic acids is 2. The second kappa shape index (κ2) is 6.88. The molecule has 1 atom stereocenters. The van der Waals surface area contributed by atoms with Crippen molar-refractivity contribution in [3.05, 3.63) is 30.1 Å². The van der Waals surface area contributed by atoms with Gasteiger partial charge in [-0.25, -0.2) is 4.39 Å². The molecular formula is C14H17FN2O3. The Morgan fingerprint density at radius 1 is 1.45 bits per heavy atom. The van der Waals surface area contributed by atoms with Gasteiger partial charge in [0.1, 0.15) is 0 Å². The van der Waals surface area contributed by atoms with Crippen LogP contribution in [0.5, 0.6) is 5.75 Å². The van der Waals surface area contributed by atoms with Gasteiger partial charge in [0.05, 0.1) is 13.0 Å². The first-order chi connectivity index (χ1) is 9.65. The molecule has 0 bridgehead atoms. The van der Waals surface area contributed by atoms with Crippen LogP contribution in [0.15, 0.2) is 24.3 Å². The fraction of sp³-hybridized carbons (Fsp3) is 0.429. The predicted molar refractivity (Wildman–Crippen MR) is 70.7 cm³/mol. The summed E-state index contributed by atoms with van der Waals surface area (Å²) in [6.07, 6.45) is 1.22. The van der Waals surface area contributed by atoms with Crippen molar-refractivity contribution in [2.45, 2.75) is 25.3 Å². The highest BCUT2D eigenvalue weighted by Gasteiger charge is 2.19. The predicted octanol–water partition coefficient (Wildman–Crippen LogP) is 0.989. The highest BCUT2D eigenvalue weighted by molar-refractivity contribution is 5.79. The van der Waals surface area contributed by atoms with E-state index in [1.807, 2.05) is 0 Å². The Labute approximate surface area is 116 Å². The van der Waals surface area contributed by atoms with Gasteiger partial charge in [0.15, 0.2) is 11.6 Å². The first-order valence-electron chi connectivity index (χ1n) is 6.58. The first kappa shape index (κ1) is 14.3. The number of ether oxygens (including phenoxy) is 1. The number of halogens is 1. The van der Waals surface area contributed by atoms with E-state index in [4.69, 9.17) is 4.74 Å². The topological polar surface area (TPSA) is 67.4 Å². The Bertz CT molecular complexity index is 483. The monoisotopic (exact) mass is 280 g/mol. The van der Waals surface area contributed by atoms with Crippen LogP contribution in [0.1, 0.15) is 19.3 Å². The van der Waals surface area contributed by atoms with E-state index in [0.29, 0.717) is 19.4 Å². The second-order valence-corrected chi connectivity index (χ2v) is 4.64. The summed E-state index contributed by atoms with van der Waals surface area (Å²) in [6, 6.07) is 6.04. The van der Waals surface area contributed by atoms with Crippen molar-refractivity contribution in [2.75, 3.05) is 13.2 Å². The van der Waals surface area contributed by atoms with Crippen LogP contribution in [0.4, 0.5) is 4.39 Å². The van der Waals surface area contributed by atoms with Gasteiger partial charge in [-0.2, -0.15) is 0 Å². The van der Waals surface area contributed by atoms with Gasteiger partial charge in [-0.3, -0.25) is 9.59 Å². The molecule has 1 heterocycles. The van der Waals surface area contributed by atoms with E-state index in [2.05, 4.69) is 10.6 Å². The number of rotatable bonds is 5. The lowest BCUT2D eigenvalue weighted by Crippen LogP contribution is -2.47. The van der Waals surface area contributed by atoms with E-state index in [1.165, 1.54) is 12.1 Å². The zero-order valence-electron chi connectivity index (χ0n) is 11.0. The van der Waals surface area contributed by atoms with Crippen molar-refractivity contribution in [3.8, 4) is 5.75 Å². The molecule has 1 unspecified atom stereocenters. The largest absolute Gasteiger partial charge is 0.490 e. The Balaban J connectivity index is 1.68. The number of amides is 2. The summed E-state index contributed by atoms with van der Waals surface area (Å²) in [4.78, 5) is 22.6. The quantitative estimate of drug-likeness (QED) is 0.845. The molecule has 0 radical (unpaired) electrons. The zero-order chi connectivity index (χ0) is 14.4. The standard InChI is InChI=1S/C14H17FN2O3/c15-11-3-1-2-4-12(11)20-8-7-14(19)17-10-5-6-13(18)16-9-10/h1-4,10H,5-9H2,(H,16,18)(H,17,19). The van der Waals surface area contributed by atoms with E-state index in [0.717, 1.165) is 0 Å². The Morgan fingerprint density at radius 2 is 2.25 bits per heavy atom. The number of hydrogen-bond acceptors (Lipinski definition) is 3. The molecular weight excluding hydrogens is 263 g/mol. The average molecular weight is 280 g/mol. The van der Waals surface area contributed by atoms with Gasteiger partial charge in [0.25, 0.3) is 0 Å². The van der Waals surface area contributed by atoms with Crippen LogP contribution in [-0.4, -0.2) is 31.0 Å². The molecule has 2 N–H and O–H groups in total. The molecule has 1 saturated heterocycles. The average Bonchev–Trinajstić information content (AvgIpc) is 2.43. The van der Waals surface area contributed by atoms with Crippen LogP contribution in [-0.2, 0) is 9.59 Å². The maximum Gasteiger partial charge on any atom is 0.223 e. The summed E-state index contributed by atoms with van der Waals surface area (Å²) in [6.45, 7) is 0.574. The van der Waals surface area contributed by atoms with E-state index in [-0.39, 0.29) is 36.6 Å². The summed E-state index contributed by atoms with van der Waals surface area (Å²) >= 11 is 0. The summed E-state index contributed by atoms with van der Waals surface area (Å²) < 4.78 is 18.5. The molecule has 6 heteroatoms. The van der Waals surface area contributed by atoms with Crippen LogP contribution in [0.3, 0.4) is 0 Å².